The van der Waals surface area contributed by atoms with E-state index in [0.717, 1.165) is 0 Å². The van der Waals surface area contributed by atoms with Crippen LogP contribution in [0.3, 0.4) is 0 Å². The Morgan fingerprint density at radius 3 is 2.52 bits per heavy atom. The molecule has 1 aliphatic carbocycles. The number of amides is 1. The predicted molar refractivity (Wildman–Crippen MR) is 122 cm³/mol. The molecule has 0 unspecified atom stereocenters. The van der Waals surface area contributed by atoms with Crippen molar-refractivity contribution in [2.75, 3.05) is 0 Å². The van der Waals surface area contributed by atoms with E-state index in [1.807, 2.05) is 0 Å². The number of nitrogens with one attached hydrogen (secondary N) is 1. The van der Waals surface area contributed by atoms with Gasteiger partial charge in [-0.25, -0.2) is 4.79 Å². The molecule has 3 rings (SSSR count). The van der Waals surface area contributed by atoms with Crippen molar-refractivity contribution in [3.8, 4) is 5.75 Å². The molecule has 0 aliphatic heterocycles. The first kappa shape index (κ1) is 25.0. The van der Waals surface area contributed by atoms with E-state index >= 15 is 0 Å². The molecule has 0 radical (unpaired) electrons. The number of thiophene rings is 1. The van der Waals surface area contributed by atoms with Crippen LogP contribution in [-0.4, -0.2) is 46.0 Å². The summed E-state index contributed by atoms with van der Waals surface area (Å²) in [5.74, 6) is -3.30. The maximum absolute atomic E-state index is 12.6. The van der Waals surface area contributed by atoms with Crippen molar-refractivity contribution in [3.05, 3.63) is 50.1 Å². The molecule has 0 saturated heterocycles. The number of carbonyl (C=O) groups is 4. The molecule has 2 aromatic rings. The number of carboxylic acids is 2. The highest BCUT2D eigenvalue weighted by atomic mass is 35.5. The second-order valence-electron chi connectivity index (χ2n) is 7.63. The molecule has 0 bridgehead atoms. The van der Waals surface area contributed by atoms with Gasteiger partial charge in [0.15, 0.2) is 0 Å². The molecule has 11 heteroatoms. The maximum atomic E-state index is 12.6. The fourth-order valence-corrected chi connectivity index (χ4v) is 4.75. The normalized spacial score (nSPS) is 18.5. The summed E-state index contributed by atoms with van der Waals surface area (Å²) in [6.45, 7) is 0. The van der Waals surface area contributed by atoms with Gasteiger partial charge in [-0.15, -0.1) is 11.3 Å². The SMILES string of the molecule is O=C(O)CC[C@H](NC(=O)[C@H]1CC[C@H](Oc2ccc(C(=O)c3cccs3)c(Cl)c2Cl)C1)C(=O)O. The Hall–Kier alpha value is -2.62. The minimum atomic E-state index is -1.28. The monoisotopic (exact) mass is 513 g/mol. The molecule has 3 atom stereocenters. The molecule has 3 N–H and O–H groups in total. The van der Waals surface area contributed by atoms with Crippen LogP contribution in [0.5, 0.6) is 5.75 Å². The van der Waals surface area contributed by atoms with Gasteiger partial charge in [-0.05, 0) is 49.3 Å². The quantitative estimate of drug-likeness (QED) is 0.404. The summed E-state index contributed by atoms with van der Waals surface area (Å²) in [5.41, 5.74) is 0.265. The summed E-state index contributed by atoms with van der Waals surface area (Å²) in [4.78, 5) is 47.6. The lowest BCUT2D eigenvalue weighted by atomic mass is 10.1. The smallest absolute Gasteiger partial charge is 0.326 e. The van der Waals surface area contributed by atoms with Crippen LogP contribution in [0.2, 0.25) is 10.0 Å². The molecule has 1 aliphatic rings. The van der Waals surface area contributed by atoms with E-state index in [9.17, 15) is 24.3 Å². The molecule has 0 spiro atoms. The second-order valence-corrected chi connectivity index (χ2v) is 9.33. The number of carboxylic acid groups (broad SMARTS) is 2. The Labute approximate surface area is 203 Å². The zero-order chi connectivity index (χ0) is 24.1. The molecular formula is C22H21Cl2NO7S. The van der Waals surface area contributed by atoms with E-state index in [2.05, 4.69) is 5.32 Å². The topological polar surface area (TPSA) is 130 Å². The number of benzene rings is 1. The zero-order valence-corrected chi connectivity index (χ0v) is 19.6. The van der Waals surface area contributed by atoms with Crippen LogP contribution in [0.4, 0.5) is 0 Å². The van der Waals surface area contributed by atoms with E-state index in [1.54, 1.807) is 29.6 Å². The van der Waals surface area contributed by atoms with Crippen LogP contribution in [-0.2, 0) is 14.4 Å². The minimum Gasteiger partial charge on any atom is -0.489 e. The van der Waals surface area contributed by atoms with Gasteiger partial charge in [0.05, 0.1) is 16.0 Å². The Bertz CT molecular complexity index is 1060. The summed E-state index contributed by atoms with van der Waals surface area (Å²) >= 11 is 14.0. The molecule has 33 heavy (non-hydrogen) atoms. The van der Waals surface area contributed by atoms with Gasteiger partial charge in [0.25, 0.3) is 0 Å². The van der Waals surface area contributed by atoms with Gasteiger partial charge in [-0.1, -0.05) is 29.3 Å². The predicted octanol–water partition coefficient (Wildman–Crippen LogP) is 4.27. The average Bonchev–Trinajstić information content (AvgIpc) is 3.46. The van der Waals surface area contributed by atoms with Crippen LogP contribution in [0, 0.1) is 5.92 Å². The fraction of sp³-hybridized carbons (Fsp3) is 0.364. The first-order valence-electron chi connectivity index (χ1n) is 10.1. The van der Waals surface area contributed by atoms with Crippen molar-refractivity contribution >= 4 is 58.2 Å². The van der Waals surface area contributed by atoms with E-state index in [1.165, 1.54) is 11.3 Å². The lowest BCUT2D eigenvalue weighted by Gasteiger charge is -2.18. The molecule has 8 nitrogen and oxygen atoms in total. The standard InChI is InChI=1S/C22H21Cl2NO7S/c23-18-13(20(28)16-2-1-9-33-16)5-7-15(19(18)24)32-12-4-3-11(10-12)21(29)25-14(22(30)31)6-8-17(26)27/h1-2,5,7,9,11-12,14H,3-4,6,8,10H2,(H,25,29)(H,26,27)(H,30,31)/t11-,12-,14-/m0/s1. The third-order valence-electron chi connectivity index (χ3n) is 5.35. The molecular weight excluding hydrogens is 493 g/mol. The van der Waals surface area contributed by atoms with Gasteiger partial charge < -0.3 is 20.3 Å². The van der Waals surface area contributed by atoms with Crippen molar-refractivity contribution in [1.29, 1.82) is 0 Å². The Balaban J connectivity index is 1.61. The van der Waals surface area contributed by atoms with Crippen LogP contribution < -0.4 is 10.1 Å². The van der Waals surface area contributed by atoms with Crippen LogP contribution in [0.15, 0.2) is 29.6 Å². The molecule has 1 amide bonds. The molecule has 1 saturated carbocycles. The third-order valence-corrected chi connectivity index (χ3v) is 7.08. The van der Waals surface area contributed by atoms with Crippen molar-refractivity contribution in [2.24, 2.45) is 5.92 Å². The number of halogens is 2. The van der Waals surface area contributed by atoms with Crippen LogP contribution in [0.25, 0.3) is 0 Å². The highest BCUT2D eigenvalue weighted by Gasteiger charge is 2.34. The van der Waals surface area contributed by atoms with Crippen LogP contribution in [0.1, 0.15) is 47.3 Å². The third kappa shape index (κ3) is 6.25. The number of ether oxygens (including phenoxy) is 1. The molecule has 1 aromatic carbocycles. The molecule has 176 valence electrons. The maximum Gasteiger partial charge on any atom is 0.326 e. The average molecular weight is 514 g/mol. The second kappa shape index (κ2) is 11.0. The largest absolute Gasteiger partial charge is 0.489 e. The van der Waals surface area contributed by atoms with Crippen molar-refractivity contribution in [2.45, 2.75) is 44.2 Å². The summed E-state index contributed by atoms with van der Waals surface area (Å²) in [5, 5.41) is 22.4. The summed E-state index contributed by atoms with van der Waals surface area (Å²) in [7, 11) is 0. The number of ketones is 1. The van der Waals surface area contributed by atoms with Gasteiger partial charge in [-0.2, -0.15) is 0 Å². The number of hydrogen-bond donors (Lipinski definition) is 3. The highest BCUT2D eigenvalue weighted by molar-refractivity contribution is 7.12. The highest BCUT2D eigenvalue weighted by Crippen LogP contribution is 2.38. The molecule has 1 aromatic heterocycles. The van der Waals surface area contributed by atoms with Crippen molar-refractivity contribution < 1.29 is 34.1 Å². The first-order chi connectivity index (χ1) is 15.7. The first-order valence-corrected chi connectivity index (χ1v) is 11.8. The number of hydrogen-bond acceptors (Lipinski definition) is 6. The number of rotatable bonds is 10. The minimum absolute atomic E-state index is 0.0857. The lowest BCUT2D eigenvalue weighted by molar-refractivity contribution is -0.143. The van der Waals surface area contributed by atoms with E-state index in [0.29, 0.717) is 29.9 Å². The van der Waals surface area contributed by atoms with Crippen molar-refractivity contribution in [1.82, 2.24) is 5.32 Å². The van der Waals surface area contributed by atoms with Gasteiger partial charge in [0, 0.05) is 17.9 Å². The fourth-order valence-electron chi connectivity index (χ4n) is 3.62. The molecule has 1 heterocycles. The van der Waals surface area contributed by atoms with Crippen molar-refractivity contribution in [3.63, 3.8) is 0 Å². The summed E-state index contributed by atoms with van der Waals surface area (Å²) in [6.07, 6.45) is 0.430. The van der Waals surface area contributed by atoms with Gasteiger partial charge in [0.2, 0.25) is 11.7 Å². The lowest BCUT2D eigenvalue weighted by Crippen LogP contribution is -2.43. The summed E-state index contributed by atoms with van der Waals surface area (Å²) in [6, 6.07) is 5.30. The van der Waals surface area contributed by atoms with E-state index in [4.69, 9.17) is 33.0 Å². The Morgan fingerprint density at radius 1 is 1.12 bits per heavy atom. The molecule has 1 fully saturated rings. The van der Waals surface area contributed by atoms with Crippen LogP contribution >= 0.6 is 34.5 Å². The van der Waals surface area contributed by atoms with E-state index in [-0.39, 0.29) is 40.3 Å². The zero-order valence-electron chi connectivity index (χ0n) is 17.3. The van der Waals surface area contributed by atoms with E-state index < -0.39 is 29.8 Å². The van der Waals surface area contributed by atoms with Gasteiger partial charge in [-0.3, -0.25) is 14.4 Å². The number of aliphatic carboxylic acids is 2. The summed E-state index contributed by atoms with van der Waals surface area (Å²) < 4.78 is 5.93. The number of carbonyl (C=O) groups excluding carboxylic acids is 2. The Morgan fingerprint density at radius 2 is 1.88 bits per heavy atom. The van der Waals surface area contributed by atoms with Gasteiger partial charge >= 0.3 is 11.9 Å². The van der Waals surface area contributed by atoms with Gasteiger partial charge in [0.1, 0.15) is 16.8 Å². The Kier molecular flexibility index (Phi) is 8.34.